The first kappa shape index (κ1) is 16.3. The Morgan fingerprint density at radius 2 is 2.10 bits per heavy atom. The molecule has 0 saturated carbocycles. The quantitative estimate of drug-likeness (QED) is 0.777. The van der Waals surface area contributed by atoms with E-state index >= 15 is 0 Å². The van der Waals surface area contributed by atoms with Gasteiger partial charge >= 0.3 is 6.09 Å². The lowest BCUT2D eigenvalue weighted by Crippen LogP contribution is -2.19. The number of nitrogens with one attached hydrogen (secondary N) is 1. The number of methoxy groups -OCH3 is 1. The molecule has 1 aromatic carbocycles. The molecule has 0 spiro atoms. The van der Waals surface area contributed by atoms with Crippen molar-refractivity contribution < 1.29 is 22.7 Å². The zero-order valence-corrected chi connectivity index (χ0v) is 12.2. The summed E-state index contributed by atoms with van der Waals surface area (Å²) in [6.07, 6.45) is 0.874. The number of hydrogen-bond donors (Lipinski definition) is 2. The Morgan fingerprint density at radius 3 is 2.65 bits per heavy atom. The molecule has 20 heavy (non-hydrogen) atoms. The molecular formula is C12H18N2O5S. The van der Waals surface area contributed by atoms with E-state index in [1.165, 1.54) is 25.3 Å². The summed E-state index contributed by atoms with van der Waals surface area (Å²) in [5.41, 5.74) is 0.0216. The van der Waals surface area contributed by atoms with E-state index in [9.17, 15) is 13.2 Å². The highest BCUT2D eigenvalue weighted by Crippen LogP contribution is 2.25. The molecule has 1 amide bonds. The monoisotopic (exact) mass is 302 g/mol. The Labute approximate surface area is 118 Å². The predicted molar refractivity (Wildman–Crippen MR) is 74.2 cm³/mol. The van der Waals surface area contributed by atoms with E-state index in [1.807, 2.05) is 6.92 Å². The van der Waals surface area contributed by atoms with Gasteiger partial charge in [-0.05, 0) is 18.6 Å². The summed E-state index contributed by atoms with van der Waals surface area (Å²) in [5, 5.41) is 7.44. The Balaban J connectivity index is 2.94. The number of primary sulfonamides is 1. The Kier molecular flexibility index (Phi) is 5.78. The van der Waals surface area contributed by atoms with Crippen molar-refractivity contribution in [3.05, 3.63) is 18.2 Å². The summed E-state index contributed by atoms with van der Waals surface area (Å²) in [6, 6.07) is 4.06. The van der Waals surface area contributed by atoms with Gasteiger partial charge in [0, 0.05) is 6.07 Å². The molecule has 0 aliphatic rings. The summed E-state index contributed by atoms with van der Waals surface area (Å²) in [4.78, 5) is 11.4. The largest absolute Gasteiger partial charge is 0.497 e. The minimum atomic E-state index is -3.96. The van der Waals surface area contributed by atoms with Crippen LogP contribution in [0, 0.1) is 0 Å². The molecule has 1 aromatic rings. The SMILES string of the molecule is CCCCOC(=O)Nc1cc(OC)ccc1S(N)(=O)=O. The van der Waals surface area contributed by atoms with Crippen LogP contribution in [-0.2, 0) is 14.8 Å². The van der Waals surface area contributed by atoms with Crippen molar-refractivity contribution in [2.45, 2.75) is 24.7 Å². The number of carbonyl (C=O) groups excluding carboxylic acids is 1. The number of amides is 1. The van der Waals surface area contributed by atoms with Gasteiger partial charge < -0.3 is 9.47 Å². The van der Waals surface area contributed by atoms with Crippen LogP contribution >= 0.6 is 0 Å². The molecule has 0 aromatic heterocycles. The van der Waals surface area contributed by atoms with E-state index in [1.54, 1.807) is 0 Å². The summed E-state index contributed by atoms with van der Waals surface area (Å²) >= 11 is 0. The van der Waals surface area contributed by atoms with Crippen molar-refractivity contribution in [3.8, 4) is 5.75 Å². The normalized spacial score (nSPS) is 10.9. The number of benzene rings is 1. The number of hydrogen-bond acceptors (Lipinski definition) is 5. The maximum Gasteiger partial charge on any atom is 0.411 e. The number of unbranched alkanes of at least 4 members (excludes halogenated alkanes) is 1. The summed E-state index contributed by atoms with van der Waals surface area (Å²) in [7, 11) is -2.53. The zero-order valence-electron chi connectivity index (χ0n) is 11.4. The van der Waals surface area contributed by atoms with Crippen LogP contribution in [0.3, 0.4) is 0 Å². The van der Waals surface area contributed by atoms with Crippen molar-refractivity contribution in [3.63, 3.8) is 0 Å². The van der Waals surface area contributed by atoms with E-state index < -0.39 is 16.1 Å². The minimum Gasteiger partial charge on any atom is -0.497 e. The molecule has 3 N–H and O–H groups in total. The lowest BCUT2D eigenvalue weighted by Gasteiger charge is -2.11. The van der Waals surface area contributed by atoms with Crippen LogP contribution in [0.5, 0.6) is 5.75 Å². The number of rotatable bonds is 6. The average Bonchev–Trinajstić information content (AvgIpc) is 2.37. The Bertz CT molecular complexity index is 571. The topological polar surface area (TPSA) is 108 Å². The van der Waals surface area contributed by atoms with Gasteiger partial charge in [-0.2, -0.15) is 0 Å². The third-order valence-electron chi connectivity index (χ3n) is 2.46. The molecule has 0 radical (unpaired) electrons. The highest BCUT2D eigenvalue weighted by atomic mass is 32.2. The first-order valence-corrected chi connectivity index (χ1v) is 7.57. The molecule has 0 fully saturated rings. The van der Waals surface area contributed by atoms with Gasteiger partial charge in [-0.3, -0.25) is 5.32 Å². The molecular weight excluding hydrogens is 284 g/mol. The van der Waals surface area contributed by atoms with E-state index in [-0.39, 0.29) is 17.2 Å². The van der Waals surface area contributed by atoms with E-state index in [2.05, 4.69) is 5.32 Å². The zero-order chi connectivity index (χ0) is 15.2. The number of nitrogens with two attached hydrogens (primary N) is 1. The molecule has 0 aliphatic carbocycles. The van der Waals surface area contributed by atoms with Gasteiger partial charge in [-0.1, -0.05) is 13.3 Å². The maximum absolute atomic E-state index is 11.6. The standard InChI is InChI=1S/C12H18N2O5S/c1-3-4-7-19-12(15)14-10-8-9(18-2)5-6-11(10)20(13,16)17/h5-6,8H,3-4,7H2,1-2H3,(H,14,15)(H2,13,16,17). The second kappa shape index (κ2) is 7.11. The van der Waals surface area contributed by atoms with Crippen LogP contribution in [0.15, 0.2) is 23.1 Å². The van der Waals surface area contributed by atoms with Crippen molar-refractivity contribution in [1.82, 2.24) is 0 Å². The third kappa shape index (κ3) is 4.71. The fourth-order valence-electron chi connectivity index (χ4n) is 1.44. The van der Waals surface area contributed by atoms with Gasteiger partial charge in [0.15, 0.2) is 0 Å². The first-order valence-electron chi connectivity index (χ1n) is 6.03. The second-order valence-corrected chi connectivity index (χ2v) is 5.55. The Hall–Kier alpha value is -1.80. The molecule has 0 unspecified atom stereocenters. The van der Waals surface area contributed by atoms with Crippen molar-refractivity contribution in [2.24, 2.45) is 5.14 Å². The fourth-order valence-corrected chi connectivity index (χ4v) is 2.11. The van der Waals surface area contributed by atoms with Crippen molar-refractivity contribution >= 4 is 21.8 Å². The van der Waals surface area contributed by atoms with E-state index in [0.717, 1.165) is 12.8 Å². The highest BCUT2D eigenvalue weighted by Gasteiger charge is 2.17. The number of sulfonamides is 1. The van der Waals surface area contributed by atoms with Crippen LogP contribution in [0.25, 0.3) is 0 Å². The molecule has 0 atom stereocenters. The average molecular weight is 302 g/mol. The lowest BCUT2D eigenvalue weighted by atomic mass is 10.3. The number of carbonyl (C=O) groups is 1. The minimum absolute atomic E-state index is 0.0216. The molecule has 0 aliphatic heterocycles. The van der Waals surface area contributed by atoms with E-state index in [4.69, 9.17) is 14.6 Å². The van der Waals surface area contributed by atoms with Gasteiger partial charge in [0.1, 0.15) is 10.6 Å². The first-order chi connectivity index (χ1) is 9.38. The molecule has 8 heteroatoms. The second-order valence-electron chi connectivity index (χ2n) is 4.02. The van der Waals surface area contributed by atoms with Gasteiger partial charge in [0.05, 0.1) is 19.4 Å². The van der Waals surface area contributed by atoms with Crippen LogP contribution in [-0.4, -0.2) is 28.2 Å². The Morgan fingerprint density at radius 1 is 1.40 bits per heavy atom. The van der Waals surface area contributed by atoms with Crippen LogP contribution < -0.4 is 15.2 Å². The maximum atomic E-state index is 11.6. The van der Waals surface area contributed by atoms with Gasteiger partial charge in [0.25, 0.3) is 0 Å². The highest BCUT2D eigenvalue weighted by molar-refractivity contribution is 7.89. The number of ether oxygens (including phenoxy) is 2. The molecule has 0 bridgehead atoms. The fraction of sp³-hybridized carbons (Fsp3) is 0.417. The van der Waals surface area contributed by atoms with Crippen LogP contribution in [0.1, 0.15) is 19.8 Å². The van der Waals surface area contributed by atoms with Gasteiger partial charge in [-0.25, -0.2) is 18.4 Å². The summed E-state index contributed by atoms with van der Waals surface area (Å²) in [5.74, 6) is 0.390. The summed E-state index contributed by atoms with van der Waals surface area (Å²) < 4.78 is 32.8. The third-order valence-corrected chi connectivity index (χ3v) is 3.43. The molecule has 0 saturated heterocycles. The van der Waals surface area contributed by atoms with Crippen molar-refractivity contribution in [2.75, 3.05) is 19.0 Å². The number of anilines is 1. The molecule has 112 valence electrons. The van der Waals surface area contributed by atoms with Gasteiger partial charge in [-0.15, -0.1) is 0 Å². The smallest absolute Gasteiger partial charge is 0.411 e. The predicted octanol–water partition coefficient (Wildman–Crippen LogP) is 1.69. The molecule has 7 nitrogen and oxygen atoms in total. The van der Waals surface area contributed by atoms with Crippen LogP contribution in [0.2, 0.25) is 0 Å². The molecule has 0 heterocycles. The lowest BCUT2D eigenvalue weighted by molar-refractivity contribution is 0.160. The van der Waals surface area contributed by atoms with Gasteiger partial charge in [0.2, 0.25) is 10.0 Å². The molecule has 1 rings (SSSR count). The summed E-state index contributed by atoms with van der Waals surface area (Å²) in [6.45, 7) is 2.22. The van der Waals surface area contributed by atoms with Crippen molar-refractivity contribution in [1.29, 1.82) is 0 Å². The van der Waals surface area contributed by atoms with Crippen LogP contribution in [0.4, 0.5) is 10.5 Å². The van der Waals surface area contributed by atoms with E-state index in [0.29, 0.717) is 5.75 Å².